The van der Waals surface area contributed by atoms with Crippen molar-refractivity contribution in [3.63, 3.8) is 0 Å². The van der Waals surface area contributed by atoms with E-state index >= 15 is 0 Å². The minimum Gasteiger partial charge on any atom is -0.492 e. The van der Waals surface area contributed by atoms with Crippen LogP contribution < -0.4 is 20.8 Å². The molecule has 1 aliphatic rings. The average Bonchev–Trinajstić information content (AvgIpc) is 2.98. The summed E-state index contributed by atoms with van der Waals surface area (Å²) >= 11 is 0. The molecule has 4 nitrogen and oxygen atoms in total. The van der Waals surface area contributed by atoms with Gasteiger partial charge in [-0.1, -0.05) is 87.5 Å². The highest BCUT2D eigenvalue weighted by Crippen LogP contribution is 2.36. The Morgan fingerprint density at radius 2 is 1.56 bits per heavy atom. The molecule has 0 saturated heterocycles. The molecule has 168 valence electrons. The monoisotopic (exact) mass is 446 g/mol. The number of rotatable bonds is 6. The predicted molar refractivity (Wildman–Crippen MR) is 135 cm³/mol. The Balaban J connectivity index is 1.58. The lowest BCUT2D eigenvalue weighted by Gasteiger charge is -2.43. The number of benzene rings is 3. The number of nitrogens with zero attached hydrogens (tertiary/aromatic N) is 1. The highest BCUT2D eigenvalue weighted by molar-refractivity contribution is 6.99. The topological polar surface area (TPSA) is 47.7 Å². The lowest BCUT2D eigenvalue weighted by Crippen LogP contribution is -2.67. The first-order valence-electron chi connectivity index (χ1n) is 11.4. The van der Waals surface area contributed by atoms with Crippen LogP contribution in [0.4, 0.5) is 5.69 Å². The highest BCUT2D eigenvalue weighted by Gasteiger charge is 2.50. The number of hydrogen-bond donors (Lipinski definition) is 1. The quantitative estimate of drug-likeness (QED) is 0.459. The van der Waals surface area contributed by atoms with Crippen LogP contribution in [0.15, 0.2) is 78.9 Å². The van der Waals surface area contributed by atoms with E-state index in [2.05, 4.69) is 92.4 Å². The summed E-state index contributed by atoms with van der Waals surface area (Å²) in [7, 11) is -2.50. The second-order valence-electron chi connectivity index (χ2n) is 9.50. The van der Waals surface area contributed by atoms with Gasteiger partial charge in [0, 0.05) is 43.6 Å². The third-order valence-electron chi connectivity index (χ3n) is 6.29. The molecule has 32 heavy (non-hydrogen) atoms. The molecule has 0 aliphatic carbocycles. The molecule has 0 bridgehead atoms. The van der Waals surface area contributed by atoms with E-state index in [-0.39, 0.29) is 5.04 Å². The normalized spacial score (nSPS) is 15.0. The van der Waals surface area contributed by atoms with Gasteiger partial charge in [0.2, 0.25) is 0 Å². The molecular formula is C27H34N2O2Si. The zero-order valence-electron chi connectivity index (χ0n) is 19.4. The van der Waals surface area contributed by atoms with Crippen molar-refractivity contribution in [2.75, 3.05) is 32.0 Å². The van der Waals surface area contributed by atoms with Gasteiger partial charge in [0.1, 0.15) is 12.4 Å². The molecule has 0 radical (unpaired) electrons. The van der Waals surface area contributed by atoms with E-state index in [0.29, 0.717) is 13.2 Å². The van der Waals surface area contributed by atoms with Gasteiger partial charge in [-0.15, -0.1) is 0 Å². The highest BCUT2D eigenvalue weighted by atomic mass is 28.4. The Morgan fingerprint density at radius 1 is 0.938 bits per heavy atom. The molecule has 0 spiro atoms. The fraction of sp³-hybridized carbons (Fsp3) is 0.333. The molecule has 3 aromatic carbocycles. The number of nitrogens with two attached hydrogens (primary N) is 1. The Bertz CT molecular complexity index is 979. The van der Waals surface area contributed by atoms with Gasteiger partial charge in [-0.05, 0) is 21.5 Å². The largest absolute Gasteiger partial charge is 0.492 e. The Hall–Kier alpha value is -2.60. The summed E-state index contributed by atoms with van der Waals surface area (Å²) in [5.41, 5.74) is 7.86. The molecule has 3 aromatic rings. The van der Waals surface area contributed by atoms with Crippen LogP contribution in [0.5, 0.6) is 5.75 Å². The van der Waals surface area contributed by atoms with Gasteiger partial charge in [-0.25, -0.2) is 0 Å². The number of hydrogen-bond acceptors (Lipinski definition) is 4. The first kappa shape index (κ1) is 22.6. The zero-order valence-corrected chi connectivity index (χ0v) is 20.4. The van der Waals surface area contributed by atoms with Gasteiger partial charge in [-0.2, -0.15) is 0 Å². The third kappa shape index (κ3) is 4.60. The zero-order chi connectivity index (χ0) is 22.6. The van der Waals surface area contributed by atoms with Crippen LogP contribution in [0.3, 0.4) is 0 Å². The molecule has 0 aromatic heterocycles. The lowest BCUT2D eigenvalue weighted by atomic mass is 10.1. The van der Waals surface area contributed by atoms with E-state index in [1.54, 1.807) is 0 Å². The molecule has 2 N–H and O–H groups in total. The van der Waals surface area contributed by atoms with Crippen molar-refractivity contribution in [2.45, 2.75) is 32.4 Å². The summed E-state index contributed by atoms with van der Waals surface area (Å²) in [4.78, 5) is 2.42. The van der Waals surface area contributed by atoms with Crippen LogP contribution in [0.2, 0.25) is 5.04 Å². The molecule has 4 rings (SSSR count). The van der Waals surface area contributed by atoms with E-state index < -0.39 is 8.32 Å². The van der Waals surface area contributed by atoms with Crippen LogP contribution in [0.25, 0.3) is 0 Å². The maximum absolute atomic E-state index is 7.05. The van der Waals surface area contributed by atoms with E-state index in [4.69, 9.17) is 14.9 Å². The molecular weight excluding hydrogens is 412 g/mol. The molecule has 0 saturated carbocycles. The summed E-state index contributed by atoms with van der Waals surface area (Å²) in [6.45, 7) is 10.9. The maximum Gasteiger partial charge on any atom is 0.261 e. The van der Waals surface area contributed by atoms with Crippen molar-refractivity contribution in [3.05, 3.63) is 84.4 Å². The first-order valence-corrected chi connectivity index (χ1v) is 13.3. The van der Waals surface area contributed by atoms with Gasteiger partial charge in [0.15, 0.2) is 0 Å². The molecule has 0 unspecified atom stereocenters. The predicted octanol–water partition coefficient (Wildman–Crippen LogP) is 4.04. The van der Waals surface area contributed by atoms with Crippen molar-refractivity contribution in [1.29, 1.82) is 0 Å². The standard InChI is InChI=1S/C27H34N2O2Si/c1-27(2,3)32(24-10-6-4-7-11-24,25-12-8-5-9-13-25)31-19-17-29-16-18-30-26-20-23(28)15-14-22(26)21-29/h4-15,20H,16-19,21,28H2,1-3H3. The van der Waals surface area contributed by atoms with Crippen LogP contribution in [0, 0.1) is 0 Å². The van der Waals surface area contributed by atoms with Crippen LogP contribution >= 0.6 is 0 Å². The van der Waals surface area contributed by atoms with Crippen molar-refractivity contribution in [2.24, 2.45) is 0 Å². The van der Waals surface area contributed by atoms with E-state index in [1.165, 1.54) is 15.9 Å². The Kier molecular flexibility index (Phi) is 6.70. The molecule has 0 amide bonds. The van der Waals surface area contributed by atoms with E-state index in [0.717, 1.165) is 31.1 Å². The number of fused-ring (bicyclic) bond motifs is 1. The third-order valence-corrected chi connectivity index (χ3v) is 11.3. The van der Waals surface area contributed by atoms with Crippen LogP contribution in [-0.4, -0.2) is 39.5 Å². The molecule has 0 atom stereocenters. The molecule has 5 heteroatoms. The van der Waals surface area contributed by atoms with Gasteiger partial charge < -0.3 is 14.9 Å². The fourth-order valence-electron chi connectivity index (χ4n) is 4.72. The number of anilines is 1. The second kappa shape index (κ2) is 9.49. The smallest absolute Gasteiger partial charge is 0.261 e. The Labute approximate surface area is 193 Å². The molecule has 0 fully saturated rings. The number of ether oxygens (including phenoxy) is 1. The van der Waals surface area contributed by atoms with Crippen molar-refractivity contribution in [3.8, 4) is 5.75 Å². The van der Waals surface area contributed by atoms with Gasteiger partial charge >= 0.3 is 0 Å². The molecule has 1 aliphatic heterocycles. The van der Waals surface area contributed by atoms with Gasteiger partial charge in [-0.3, -0.25) is 4.90 Å². The summed E-state index contributed by atoms with van der Waals surface area (Å²) in [6, 6.07) is 27.6. The van der Waals surface area contributed by atoms with Gasteiger partial charge in [0.25, 0.3) is 8.32 Å². The first-order chi connectivity index (χ1) is 15.4. The van der Waals surface area contributed by atoms with E-state index in [9.17, 15) is 0 Å². The SMILES string of the molecule is CC(C)(C)[Si](OCCN1CCOc2cc(N)ccc2C1)(c1ccccc1)c1ccccc1. The Morgan fingerprint density at radius 3 is 2.16 bits per heavy atom. The summed E-state index contributed by atoms with van der Waals surface area (Å²) in [6.07, 6.45) is 0. The van der Waals surface area contributed by atoms with Crippen molar-refractivity contribution < 1.29 is 9.16 Å². The van der Waals surface area contributed by atoms with Crippen LogP contribution in [0.1, 0.15) is 26.3 Å². The lowest BCUT2D eigenvalue weighted by molar-refractivity contribution is 0.181. The summed E-state index contributed by atoms with van der Waals surface area (Å²) in [5, 5.41) is 2.62. The molecule has 1 heterocycles. The van der Waals surface area contributed by atoms with Crippen molar-refractivity contribution in [1.82, 2.24) is 4.90 Å². The number of nitrogen functional groups attached to an aromatic ring is 1. The second-order valence-corrected chi connectivity index (χ2v) is 13.8. The van der Waals surface area contributed by atoms with Crippen molar-refractivity contribution >= 4 is 24.4 Å². The van der Waals surface area contributed by atoms with E-state index in [1.807, 2.05) is 12.1 Å². The average molecular weight is 447 g/mol. The van der Waals surface area contributed by atoms with Crippen LogP contribution in [-0.2, 0) is 11.0 Å². The minimum absolute atomic E-state index is 0.0122. The summed E-state index contributed by atoms with van der Waals surface area (Å²) in [5.74, 6) is 0.903. The minimum atomic E-state index is -2.50. The van der Waals surface area contributed by atoms with Gasteiger partial charge in [0.05, 0.1) is 0 Å². The maximum atomic E-state index is 7.05. The summed E-state index contributed by atoms with van der Waals surface area (Å²) < 4.78 is 13.0. The fourth-order valence-corrected chi connectivity index (χ4v) is 9.27.